The predicted octanol–water partition coefficient (Wildman–Crippen LogP) is 4.29. The molecule has 43 heavy (non-hydrogen) atoms. The Labute approximate surface area is 255 Å². The Morgan fingerprint density at radius 2 is 1.86 bits per heavy atom. The molecule has 2 aromatic rings. The van der Waals surface area contributed by atoms with E-state index in [9.17, 15) is 9.59 Å². The molecule has 1 aromatic carbocycles. The minimum absolute atomic E-state index is 0.0412. The van der Waals surface area contributed by atoms with Crippen molar-refractivity contribution in [3.63, 3.8) is 0 Å². The van der Waals surface area contributed by atoms with Crippen molar-refractivity contribution in [2.24, 2.45) is 11.8 Å². The smallest absolute Gasteiger partial charge is 0.251 e. The molecule has 3 aliphatic rings. The van der Waals surface area contributed by atoms with E-state index < -0.39 is 0 Å². The molecule has 1 atom stereocenters. The zero-order valence-corrected chi connectivity index (χ0v) is 26.4. The summed E-state index contributed by atoms with van der Waals surface area (Å²) in [6.07, 6.45) is 9.56. The maximum atomic E-state index is 13.3. The molecular formula is C32H48N8O3. The summed E-state index contributed by atoms with van der Waals surface area (Å²) in [5.41, 5.74) is 1.88. The first-order valence-corrected chi connectivity index (χ1v) is 15.9. The molecule has 1 aromatic heterocycles. The van der Waals surface area contributed by atoms with Crippen LogP contribution in [0.4, 0.5) is 23.1 Å². The number of hydrogen-bond donors (Lipinski definition) is 2. The van der Waals surface area contributed by atoms with Gasteiger partial charge in [0.1, 0.15) is 17.5 Å². The van der Waals surface area contributed by atoms with Crippen molar-refractivity contribution in [2.45, 2.75) is 64.8 Å². The summed E-state index contributed by atoms with van der Waals surface area (Å²) in [5.74, 6) is 2.69. The van der Waals surface area contributed by atoms with Crippen LogP contribution in [0.2, 0.25) is 0 Å². The number of hydrazine groups is 1. The Kier molecular flexibility index (Phi) is 10.0. The summed E-state index contributed by atoms with van der Waals surface area (Å²) < 4.78 is 5.66. The van der Waals surface area contributed by atoms with Gasteiger partial charge in [0.2, 0.25) is 5.95 Å². The number of likely N-dealkylation sites (tertiary alicyclic amines) is 1. The highest BCUT2D eigenvalue weighted by molar-refractivity contribution is 6.04. The van der Waals surface area contributed by atoms with Crippen LogP contribution in [0.1, 0.15) is 69.2 Å². The van der Waals surface area contributed by atoms with Crippen LogP contribution < -0.4 is 25.3 Å². The van der Waals surface area contributed by atoms with E-state index in [1.54, 1.807) is 37.4 Å². The molecule has 0 radical (unpaired) electrons. The number of aromatic nitrogens is 2. The molecule has 2 amide bonds. The van der Waals surface area contributed by atoms with Gasteiger partial charge in [-0.3, -0.25) is 14.6 Å². The average molecular weight is 593 g/mol. The van der Waals surface area contributed by atoms with Crippen LogP contribution in [0.5, 0.6) is 5.75 Å². The summed E-state index contributed by atoms with van der Waals surface area (Å²) in [7, 11) is 5.43. The fourth-order valence-electron chi connectivity index (χ4n) is 6.73. The lowest BCUT2D eigenvalue weighted by Crippen LogP contribution is -2.58. The molecule has 11 nitrogen and oxygen atoms in total. The topological polar surface area (TPSA) is 106 Å². The summed E-state index contributed by atoms with van der Waals surface area (Å²) in [6, 6.07) is 5.03. The van der Waals surface area contributed by atoms with Crippen LogP contribution in [0.3, 0.4) is 0 Å². The van der Waals surface area contributed by atoms with Crippen molar-refractivity contribution >= 4 is 35.0 Å². The minimum atomic E-state index is -0.335. The average Bonchev–Trinajstić information content (AvgIpc) is 3.54. The summed E-state index contributed by atoms with van der Waals surface area (Å²) in [4.78, 5) is 39.9. The van der Waals surface area contributed by atoms with E-state index in [0.717, 1.165) is 39.0 Å². The first-order valence-electron chi connectivity index (χ1n) is 15.9. The number of hydrogen-bond acceptors (Lipinski definition) is 9. The predicted molar refractivity (Wildman–Crippen MR) is 170 cm³/mol. The SMILES string of the molecule is CCC1C(=O)N(C)c2cnc(Nc3ccc(C(=O)NCC4CCN(CC)CC4)cc3OC)nc2N1N(C)CC1CCCC1. The van der Waals surface area contributed by atoms with E-state index >= 15 is 0 Å². The number of anilines is 4. The Bertz CT molecular complexity index is 1280. The number of carbonyl (C=O) groups excluding carboxylic acids is 2. The Morgan fingerprint density at radius 1 is 1.12 bits per heavy atom. The van der Waals surface area contributed by atoms with Crippen molar-refractivity contribution in [1.29, 1.82) is 0 Å². The molecule has 234 valence electrons. The molecule has 0 bridgehead atoms. The molecule has 1 saturated carbocycles. The number of rotatable bonds is 11. The number of fused-ring (bicyclic) bond motifs is 1. The Balaban J connectivity index is 1.31. The first kappa shape index (κ1) is 31.0. The van der Waals surface area contributed by atoms with Crippen molar-refractivity contribution in [3.05, 3.63) is 30.0 Å². The van der Waals surface area contributed by atoms with Crippen LogP contribution in [0.15, 0.2) is 24.4 Å². The highest BCUT2D eigenvalue weighted by Gasteiger charge is 2.40. The normalized spacial score (nSPS) is 20.0. The van der Waals surface area contributed by atoms with Crippen LogP contribution >= 0.6 is 0 Å². The van der Waals surface area contributed by atoms with E-state index in [1.807, 2.05) is 13.0 Å². The van der Waals surface area contributed by atoms with Crippen molar-refractivity contribution in [1.82, 2.24) is 25.2 Å². The molecule has 2 N–H and O–H groups in total. The van der Waals surface area contributed by atoms with Gasteiger partial charge in [0.15, 0.2) is 5.82 Å². The van der Waals surface area contributed by atoms with Crippen molar-refractivity contribution in [3.8, 4) is 5.75 Å². The largest absolute Gasteiger partial charge is 0.495 e. The molecule has 0 spiro atoms. The second kappa shape index (κ2) is 13.9. The van der Waals surface area contributed by atoms with Crippen molar-refractivity contribution in [2.75, 3.05) is 69.2 Å². The van der Waals surface area contributed by atoms with E-state index in [0.29, 0.717) is 59.3 Å². The van der Waals surface area contributed by atoms with Crippen LogP contribution in [-0.2, 0) is 4.79 Å². The van der Waals surface area contributed by atoms with Gasteiger partial charge in [-0.15, -0.1) is 0 Å². The third-order valence-corrected chi connectivity index (χ3v) is 9.41. The highest BCUT2D eigenvalue weighted by Crippen LogP contribution is 2.38. The van der Waals surface area contributed by atoms with Gasteiger partial charge in [-0.2, -0.15) is 4.98 Å². The number of benzene rings is 1. The van der Waals surface area contributed by atoms with Gasteiger partial charge >= 0.3 is 0 Å². The van der Waals surface area contributed by atoms with Crippen LogP contribution in [0, 0.1) is 11.8 Å². The van der Waals surface area contributed by atoms with Gasteiger partial charge in [0, 0.05) is 32.7 Å². The molecule has 1 saturated heterocycles. The molecular weight excluding hydrogens is 544 g/mol. The minimum Gasteiger partial charge on any atom is -0.495 e. The van der Waals surface area contributed by atoms with Gasteiger partial charge in [-0.05, 0) is 81.8 Å². The maximum Gasteiger partial charge on any atom is 0.251 e. The lowest BCUT2D eigenvalue weighted by Gasteiger charge is -2.45. The zero-order chi connectivity index (χ0) is 30.5. The fourth-order valence-corrected chi connectivity index (χ4v) is 6.73. The van der Waals surface area contributed by atoms with Gasteiger partial charge in [-0.25, -0.2) is 9.99 Å². The molecule has 2 fully saturated rings. The molecule has 1 unspecified atom stereocenters. The molecule has 11 heteroatoms. The summed E-state index contributed by atoms with van der Waals surface area (Å²) in [6.45, 7) is 9.07. The quantitative estimate of drug-likeness (QED) is 0.395. The van der Waals surface area contributed by atoms with E-state index in [2.05, 4.69) is 44.5 Å². The van der Waals surface area contributed by atoms with E-state index in [1.165, 1.54) is 25.7 Å². The third kappa shape index (κ3) is 6.88. The monoisotopic (exact) mass is 592 g/mol. The van der Waals surface area contributed by atoms with Gasteiger partial charge < -0.3 is 25.2 Å². The molecule has 1 aliphatic carbocycles. The first-order chi connectivity index (χ1) is 20.8. The van der Waals surface area contributed by atoms with Crippen LogP contribution in [0.25, 0.3) is 0 Å². The van der Waals surface area contributed by atoms with Gasteiger partial charge in [0.25, 0.3) is 11.8 Å². The van der Waals surface area contributed by atoms with E-state index in [4.69, 9.17) is 9.72 Å². The number of nitrogens with one attached hydrogen (secondary N) is 2. The Morgan fingerprint density at radius 3 is 2.53 bits per heavy atom. The summed E-state index contributed by atoms with van der Waals surface area (Å²) >= 11 is 0. The highest BCUT2D eigenvalue weighted by atomic mass is 16.5. The molecule has 2 aliphatic heterocycles. The molecule has 5 rings (SSSR count). The Hall–Kier alpha value is -3.44. The number of methoxy groups -OCH3 is 1. The van der Waals surface area contributed by atoms with Crippen molar-refractivity contribution < 1.29 is 14.3 Å². The second-order valence-electron chi connectivity index (χ2n) is 12.2. The van der Waals surface area contributed by atoms with Gasteiger partial charge in [0.05, 0.1) is 19.0 Å². The summed E-state index contributed by atoms with van der Waals surface area (Å²) in [5, 5.41) is 10.6. The number of nitrogens with zero attached hydrogens (tertiary/aromatic N) is 6. The number of ether oxygens (including phenoxy) is 1. The third-order valence-electron chi connectivity index (χ3n) is 9.41. The fraction of sp³-hybridized carbons (Fsp3) is 0.625. The van der Waals surface area contributed by atoms with E-state index in [-0.39, 0.29) is 17.9 Å². The number of carbonyl (C=O) groups is 2. The molecule has 3 heterocycles. The second-order valence-corrected chi connectivity index (χ2v) is 12.2. The van der Waals surface area contributed by atoms with Crippen LogP contribution in [-0.4, -0.2) is 91.7 Å². The number of piperidine rings is 1. The lowest BCUT2D eigenvalue weighted by atomic mass is 9.96. The van der Waals surface area contributed by atoms with Gasteiger partial charge in [-0.1, -0.05) is 26.7 Å². The standard InChI is InChI=1S/C32H48N8O3/c1-6-26-31(42)38(4)27-20-34-32(36-29(27)40(26)37(3)21-23-10-8-9-11-23)35-25-13-12-24(18-28(25)43-5)30(41)33-19-22-14-16-39(7-2)17-15-22/h12-13,18,20,22-23,26H,6-11,14-17,19,21H2,1-5H3,(H,33,41)(H,34,35,36). The lowest BCUT2D eigenvalue weighted by molar-refractivity contribution is -0.120. The zero-order valence-electron chi connectivity index (χ0n) is 26.4. The number of amides is 2. The maximum absolute atomic E-state index is 13.3. The number of likely N-dealkylation sites (N-methyl/N-ethyl adjacent to an activating group) is 1.